The van der Waals surface area contributed by atoms with E-state index in [0.29, 0.717) is 19.4 Å². The van der Waals surface area contributed by atoms with Crippen molar-refractivity contribution in [3.05, 3.63) is 35.6 Å². The van der Waals surface area contributed by atoms with Crippen molar-refractivity contribution >= 4 is 23.2 Å². The topological polar surface area (TPSA) is 56.5 Å². The number of hydrogen-bond donors (Lipinski definition) is 0. The van der Waals surface area contributed by atoms with Crippen LogP contribution in [0.5, 0.6) is 0 Å². The van der Waals surface area contributed by atoms with Crippen LogP contribution in [-0.4, -0.2) is 18.9 Å². The molecule has 1 heterocycles. The van der Waals surface area contributed by atoms with Crippen molar-refractivity contribution in [3.63, 3.8) is 0 Å². The molecule has 0 aliphatic heterocycles. The second kappa shape index (κ2) is 6.18. The summed E-state index contributed by atoms with van der Waals surface area (Å²) in [5.74, 6) is -0.261. The number of carbonyl (C=O) groups excluding carboxylic acids is 2. The third-order valence-corrected chi connectivity index (χ3v) is 2.91. The third-order valence-electron chi connectivity index (χ3n) is 2.91. The Hall–Kier alpha value is -2.10. The normalized spacial score (nSPS) is 10.6. The Morgan fingerprint density at radius 2 is 2.26 bits per heavy atom. The lowest BCUT2D eigenvalue weighted by atomic mass is 10.0. The summed E-state index contributed by atoms with van der Waals surface area (Å²) >= 11 is 0. The molecule has 2 rings (SSSR count). The largest absolute Gasteiger partial charge is 0.466 e. The first kappa shape index (κ1) is 13.3. The standard InChI is InChI=1S/C15H16O4/c1-2-18-15(17)9-12-10-19-14-6-5-11(4-3-7-16)8-13(12)14/h5-8,10H,2-4,9H2,1H3. The van der Waals surface area contributed by atoms with Crippen molar-refractivity contribution in [3.8, 4) is 0 Å². The number of hydrogen-bond acceptors (Lipinski definition) is 4. The van der Waals surface area contributed by atoms with E-state index < -0.39 is 0 Å². The molecule has 0 aliphatic carbocycles. The van der Waals surface area contributed by atoms with Crippen molar-refractivity contribution in [2.24, 2.45) is 0 Å². The third kappa shape index (κ3) is 3.22. The van der Waals surface area contributed by atoms with Gasteiger partial charge in [0, 0.05) is 17.4 Å². The van der Waals surface area contributed by atoms with Gasteiger partial charge in [0.25, 0.3) is 0 Å². The SMILES string of the molecule is CCOC(=O)Cc1coc2ccc(CCC=O)cc12. The Labute approximate surface area is 111 Å². The van der Waals surface area contributed by atoms with Crippen LogP contribution in [0, 0.1) is 0 Å². The molecule has 4 nitrogen and oxygen atoms in total. The number of ether oxygens (including phenoxy) is 1. The average Bonchev–Trinajstić information content (AvgIpc) is 2.79. The zero-order chi connectivity index (χ0) is 13.7. The number of aryl methyl sites for hydroxylation is 1. The number of rotatable bonds is 6. The van der Waals surface area contributed by atoms with Crippen LogP contribution in [-0.2, 0) is 27.2 Å². The van der Waals surface area contributed by atoms with E-state index in [1.54, 1.807) is 13.2 Å². The smallest absolute Gasteiger partial charge is 0.310 e. The number of esters is 1. The van der Waals surface area contributed by atoms with Gasteiger partial charge in [0.05, 0.1) is 19.3 Å². The van der Waals surface area contributed by atoms with E-state index >= 15 is 0 Å². The molecule has 2 aromatic rings. The lowest BCUT2D eigenvalue weighted by molar-refractivity contribution is -0.142. The lowest BCUT2D eigenvalue weighted by Gasteiger charge is -2.01. The van der Waals surface area contributed by atoms with Crippen molar-refractivity contribution < 1.29 is 18.7 Å². The molecular formula is C15H16O4. The molecular weight excluding hydrogens is 244 g/mol. The van der Waals surface area contributed by atoms with E-state index in [-0.39, 0.29) is 12.4 Å². The van der Waals surface area contributed by atoms with Crippen LogP contribution in [0.1, 0.15) is 24.5 Å². The number of furan rings is 1. The van der Waals surface area contributed by atoms with Gasteiger partial charge < -0.3 is 13.9 Å². The summed E-state index contributed by atoms with van der Waals surface area (Å²) in [5.41, 5.74) is 2.63. The minimum Gasteiger partial charge on any atom is -0.466 e. The molecule has 0 saturated heterocycles. The van der Waals surface area contributed by atoms with Gasteiger partial charge in [-0.05, 0) is 31.0 Å². The van der Waals surface area contributed by atoms with Gasteiger partial charge in [0.15, 0.2) is 0 Å². The summed E-state index contributed by atoms with van der Waals surface area (Å²) < 4.78 is 10.3. The molecule has 1 aromatic carbocycles. The summed E-state index contributed by atoms with van der Waals surface area (Å²) in [6, 6.07) is 5.77. The Morgan fingerprint density at radius 3 is 3.00 bits per heavy atom. The van der Waals surface area contributed by atoms with Gasteiger partial charge in [0.2, 0.25) is 0 Å². The van der Waals surface area contributed by atoms with Crippen LogP contribution < -0.4 is 0 Å². The second-order valence-corrected chi connectivity index (χ2v) is 4.28. The van der Waals surface area contributed by atoms with E-state index in [0.717, 1.165) is 28.4 Å². The monoisotopic (exact) mass is 260 g/mol. The minimum atomic E-state index is -0.261. The van der Waals surface area contributed by atoms with Gasteiger partial charge in [0.1, 0.15) is 11.9 Å². The van der Waals surface area contributed by atoms with Gasteiger partial charge in [-0.15, -0.1) is 0 Å². The van der Waals surface area contributed by atoms with Crippen LogP contribution in [0.3, 0.4) is 0 Å². The molecule has 0 N–H and O–H groups in total. The molecule has 0 fully saturated rings. The molecule has 0 saturated carbocycles. The number of carbonyl (C=O) groups is 2. The highest BCUT2D eigenvalue weighted by molar-refractivity contribution is 5.86. The van der Waals surface area contributed by atoms with Crippen LogP contribution in [0.4, 0.5) is 0 Å². The lowest BCUT2D eigenvalue weighted by Crippen LogP contribution is -2.06. The number of aldehydes is 1. The molecule has 0 bridgehead atoms. The molecule has 0 aliphatic rings. The summed E-state index contributed by atoms with van der Waals surface area (Å²) in [5, 5.41) is 0.913. The predicted molar refractivity (Wildman–Crippen MR) is 70.9 cm³/mol. The van der Waals surface area contributed by atoms with Gasteiger partial charge in [-0.25, -0.2) is 0 Å². The van der Waals surface area contributed by atoms with E-state index in [1.165, 1.54) is 0 Å². The molecule has 0 amide bonds. The summed E-state index contributed by atoms with van der Waals surface area (Å²) in [6.45, 7) is 2.15. The predicted octanol–water partition coefficient (Wildman–Crippen LogP) is 2.67. The van der Waals surface area contributed by atoms with Gasteiger partial charge >= 0.3 is 5.97 Å². The van der Waals surface area contributed by atoms with Crippen LogP contribution in [0.15, 0.2) is 28.9 Å². The maximum Gasteiger partial charge on any atom is 0.310 e. The molecule has 0 atom stereocenters. The fourth-order valence-electron chi connectivity index (χ4n) is 2.01. The molecule has 0 radical (unpaired) electrons. The van der Waals surface area contributed by atoms with E-state index in [9.17, 15) is 9.59 Å². The number of benzene rings is 1. The number of fused-ring (bicyclic) bond motifs is 1. The fourth-order valence-corrected chi connectivity index (χ4v) is 2.01. The first-order valence-corrected chi connectivity index (χ1v) is 6.33. The highest BCUT2D eigenvalue weighted by Gasteiger charge is 2.11. The summed E-state index contributed by atoms with van der Waals surface area (Å²) in [7, 11) is 0. The quantitative estimate of drug-likeness (QED) is 0.592. The van der Waals surface area contributed by atoms with Crippen LogP contribution in [0.25, 0.3) is 11.0 Å². The van der Waals surface area contributed by atoms with E-state index in [2.05, 4.69) is 0 Å². The first-order chi connectivity index (χ1) is 9.24. The maximum absolute atomic E-state index is 11.5. The molecule has 100 valence electrons. The molecule has 0 spiro atoms. The van der Waals surface area contributed by atoms with Crippen molar-refractivity contribution in [1.82, 2.24) is 0 Å². The van der Waals surface area contributed by atoms with E-state index in [1.807, 2.05) is 18.2 Å². The zero-order valence-electron chi connectivity index (χ0n) is 10.8. The minimum absolute atomic E-state index is 0.206. The van der Waals surface area contributed by atoms with Gasteiger partial charge in [-0.2, -0.15) is 0 Å². The Morgan fingerprint density at radius 1 is 1.42 bits per heavy atom. The molecule has 19 heavy (non-hydrogen) atoms. The Kier molecular flexibility index (Phi) is 4.34. The van der Waals surface area contributed by atoms with E-state index in [4.69, 9.17) is 9.15 Å². The van der Waals surface area contributed by atoms with Crippen LogP contribution in [0.2, 0.25) is 0 Å². The average molecular weight is 260 g/mol. The fraction of sp³-hybridized carbons (Fsp3) is 0.333. The first-order valence-electron chi connectivity index (χ1n) is 6.33. The summed E-state index contributed by atoms with van der Waals surface area (Å²) in [6.07, 6.45) is 3.89. The maximum atomic E-state index is 11.5. The molecule has 1 aromatic heterocycles. The van der Waals surface area contributed by atoms with Crippen molar-refractivity contribution in [2.75, 3.05) is 6.61 Å². The molecule has 0 unspecified atom stereocenters. The van der Waals surface area contributed by atoms with Gasteiger partial charge in [-0.3, -0.25) is 4.79 Å². The van der Waals surface area contributed by atoms with Gasteiger partial charge in [-0.1, -0.05) is 6.07 Å². The molecule has 4 heteroatoms. The van der Waals surface area contributed by atoms with Crippen molar-refractivity contribution in [1.29, 1.82) is 0 Å². The second-order valence-electron chi connectivity index (χ2n) is 4.28. The Balaban J connectivity index is 2.23. The highest BCUT2D eigenvalue weighted by atomic mass is 16.5. The Bertz CT molecular complexity index is 583. The van der Waals surface area contributed by atoms with Crippen LogP contribution >= 0.6 is 0 Å². The zero-order valence-corrected chi connectivity index (χ0v) is 10.8. The van der Waals surface area contributed by atoms with Crippen molar-refractivity contribution in [2.45, 2.75) is 26.2 Å². The summed E-state index contributed by atoms with van der Waals surface area (Å²) in [4.78, 5) is 21.9. The highest BCUT2D eigenvalue weighted by Crippen LogP contribution is 2.23.